The average molecular weight is 861 g/mol. The summed E-state index contributed by atoms with van der Waals surface area (Å²) in [4.78, 5) is 109. The number of piperazine rings is 1. The number of aromatic nitrogens is 4. The van der Waals surface area contributed by atoms with E-state index in [1.165, 1.54) is 6.92 Å². The molecule has 4 aliphatic rings. The van der Waals surface area contributed by atoms with E-state index in [0.717, 1.165) is 47.4 Å². The number of piperidine rings is 1. The third kappa shape index (κ3) is 9.16. The molecule has 1 unspecified atom stereocenters. The van der Waals surface area contributed by atoms with Crippen LogP contribution in [0.1, 0.15) is 118 Å². The van der Waals surface area contributed by atoms with Gasteiger partial charge in [-0.25, -0.2) is 9.97 Å². The first-order chi connectivity index (χ1) is 30.5. The number of anilines is 1. The lowest BCUT2D eigenvalue weighted by atomic mass is 9.99. The number of pyridine rings is 2. The first-order valence-electron chi connectivity index (χ1n) is 21.9. The lowest BCUT2D eigenvalue weighted by Gasteiger charge is -2.36. The Kier molecular flexibility index (Phi) is 13.1. The highest BCUT2D eigenvalue weighted by Gasteiger charge is 2.45. The van der Waals surface area contributed by atoms with E-state index in [-0.39, 0.29) is 60.3 Å². The molecule has 5 amide bonds. The first kappa shape index (κ1) is 43.4. The quantitative estimate of drug-likeness (QED) is 0.0975. The molecule has 63 heavy (non-hydrogen) atoms. The molecule has 3 fully saturated rings. The third-order valence-electron chi connectivity index (χ3n) is 12.6. The molecule has 0 radical (unpaired) electrons. The number of carbonyl (C=O) groups is 6. The number of ketones is 1. The number of nitrogens with zero attached hydrogens (tertiary/aromatic N) is 7. The predicted octanol–water partition coefficient (Wildman–Crippen LogP) is 3.51. The van der Waals surface area contributed by atoms with Crippen LogP contribution in [0.5, 0.6) is 0 Å². The van der Waals surface area contributed by atoms with Gasteiger partial charge in [-0.15, -0.1) is 0 Å². The number of hydrogen-bond acceptors (Lipinski definition) is 13. The number of amides is 5. The number of hydrogen-bond donors (Lipinski definition) is 1. The van der Waals surface area contributed by atoms with Crippen LogP contribution < -0.4 is 15.8 Å². The fourth-order valence-corrected chi connectivity index (χ4v) is 9.25. The van der Waals surface area contributed by atoms with E-state index in [1.54, 1.807) is 35.9 Å². The Morgan fingerprint density at radius 1 is 0.857 bits per heavy atom. The van der Waals surface area contributed by atoms with Crippen molar-refractivity contribution in [3.05, 3.63) is 92.4 Å². The van der Waals surface area contributed by atoms with Gasteiger partial charge in [0.15, 0.2) is 5.78 Å². The Labute approximate surface area is 364 Å². The molecule has 1 aliphatic carbocycles. The molecule has 4 aromatic rings. The van der Waals surface area contributed by atoms with Crippen molar-refractivity contribution in [1.29, 1.82) is 0 Å². The van der Waals surface area contributed by atoms with Crippen LogP contribution >= 0.6 is 0 Å². The molecule has 1 saturated carbocycles. The minimum Gasteiger partial charge on any atom is -0.379 e. The van der Waals surface area contributed by atoms with Crippen molar-refractivity contribution in [3.63, 3.8) is 0 Å². The maximum absolute atomic E-state index is 13.6. The van der Waals surface area contributed by atoms with E-state index in [1.807, 2.05) is 23.2 Å². The van der Waals surface area contributed by atoms with E-state index < -0.39 is 29.7 Å². The van der Waals surface area contributed by atoms with Crippen molar-refractivity contribution in [2.75, 3.05) is 57.5 Å². The summed E-state index contributed by atoms with van der Waals surface area (Å²) in [5.41, 5.74) is 4.15. The average Bonchev–Trinajstić information content (AvgIpc) is 3.89. The number of fused-ring (bicyclic) bond motifs is 2. The Morgan fingerprint density at radius 2 is 1.62 bits per heavy atom. The Bertz CT molecular complexity index is 2510. The molecule has 2 saturated heterocycles. The molecular weight excluding hydrogens is 809 g/mol. The van der Waals surface area contributed by atoms with Gasteiger partial charge in [0, 0.05) is 62.5 Å². The van der Waals surface area contributed by atoms with Crippen LogP contribution in [0.2, 0.25) is 0 Å². The maximum atomic E-state index is 13.6. The molecular formula is C46H52N8O9. The van der Waals surface area contributed by atoms with Crippen molar-refractivity contribution in [2.24, 2.45) is 0 Å². The second kappa shape index (κ2) is 19.0. The molecule has 17 nitrogen and oxygen atoms in total. The van der Waals surface area contributed by atoms with Crippen molar-refractivity contribution in [3.8, 4) is 0 Å². The number of Topliss-reactive ketones (excluding diaryl/α,β-unsaturated/α-hetero) is 1. The predicted molar refractivity (Wildman–Crippen MR) is 230 cm³/mol. The van der Waals surface area contributed by atoms with Crippen LogP contribution in [0.15, 0.2) is 47.5 Å². The molecule has 0 spiro atoms. The second-order valence-corrected chi connectivity index (χ2v) is 16.6. The molecule has 17 heteroatoms. The third-order valence-corrected chi connectivity index (χ3v) is 12.6. The van der Waals surface area contributed by atoms with Gasteiger partial charge in [-0.3, -0.25) is 53.3 Å². The molecule has 330 valence electrons. The van der Waals surface area contributed by atoms with Crippen LogP contribution in [0.3, 0.4) is 0 Å². The number of rotatable bonds is 16. The number of imide groups is 2. The summed E-state index contributed by atoms with van der Waals surface area (Å²) in [6.07, 6.45) is 9.30. The fourth-order valence-electron chi connectivity index (χ4n) is 9.25. The summed E-state index contributed by atoms with van der Waals surface area (Å²) >= 11 is 0. The van der Waals surface area contributed by atoms with Crippen LogP contribution in [0.4, 0.5) is 5.69 Å². The smallest absolute Gasteiger partial charge is 0.263 e. The normalized spacial score (nSPS) is 18.1. The highest BCUT2D eigenvalue weighted by molar-refractivity contribution is 6.24. The monoisotopic (exact) mass is 860 g/mol. The number of aryl methyl sites for hydroxylation is 2. The van der Waals surface area contributed by atoms with Gasteiger partial charge in [-0.2, -0.15) is 0 Å². The Hall–Kier alpha value is -6.20. The molecule has 8 rings (SSSR count). The van der Waals surface area contributed by atoms with Crippen molar-refractivity contribution >= 4 is 52.0 Å². The highest BCUT2D eigenvalue weighted by Crippen LogP contribution is 2.33. The van der Waals surface area contributed by atoms with Crippen molar-refractivity contribution < 1.29 is 38.2 Å². The van der Waals surface area contributed by atoms with Gasteiger partial charge >= 0.3 is 0 Å². The molecule has 1 N–H and O–H groups in total. The van der Waals surface area contributed by atoms with Crippen LogP contribution in [0.25, 0.3) is 11.0 Å². The van der Waals surface area contributed by atoms with Crippen molar-refractivity contribution in [1.82, 2.24) is 34.6 Å². The van der Waals surface area contributed by atoms with E-state index >= 15 is 0 Å². The largest absolute Gasteiger partial charge is 0.379 e. The summed E-state index contributed by atoms with van der Waals surface area (Å²) in [5, 5.41) is 2.94. The minimum atomic E-state index is -1.01. The van der Waals surface area contributed by atoms with Gasteiger partial charge in [0.05, 0.1) is 61.2 Å². The molecule has 1 aromatic carbocycles. The van der Waals surface area contributed by atoms with E-state index in [2.05, 4.69) is 15.2 Å². The number of benzene rings is 1. The lowest BCUT2D eigenvalue weighted by molar-refractivity contribution is -0.136. The standard InChI is InChI=1S/C46H52N8O9/c1-28-35-27-48-37(49-42(35)53(32-9-3-4-10-32)45(60)40(28)29(2)55)25-31-12-13-33(26-47-31)51-17-19-52(20-18-51)39(57)16-22-63-24-23-62-21-6-8-30-7-5-11-34-41(30)46(61)54(44(34)59)36-14-15-38(56)50-43(36)58/h5,7,11-13,26-27,32,36H,3-4,6,8-10,14-25H2,1-2H3,(H,50,56,58). The zero-order valence-electron chi connectivity index (χ0n) is 35.7. The van der Waals surface area contributed by atoms with E-state index in [4.69, 9.17) is 19.4 Å². The molecule has 6 heterocycles. The van der Waals surface area contributed by atoms with E-state index in [0.29, 0.717) is 93.4 Å². The van der Waals surface area contributed by atoms with Crippen molar-refractivity contribution in [2.45, 2.75) is 90.1 Å². The van der Waals surface area contributed by atoms with Gasteiger partial charge in [-0.05, 0) is 75.3 Å². The van der Waals surface area contributed by atoms with Gasteiger partial charge in [0.2, 0.25) is 17.7 Å². The second-order valence-electron chi connectivity index (χ2n) is 16.6. The number of nitrogens with one attached hydrogen (secondary N) is 1. The number of carbonyl (C=O) groups excluding carboxylic acids is 6. The fraction of sp³-hybridized carbons (Fsp3) is 0.478. The van der Waals surface area contributed by atoms with Crippen LogP contribution in [-0.4, -0.2) is 123 Å². The maximum Gasteiger partial charge on any atom is 0.263 e. The molecule has 1 atom stereocenters. The lowest BCUT2D eigenvalue weighted by Crippen LogP contribution is -2.54. The SMILES string of the molecule is CC(=O)c1c(C)c2cnc(Cc3ccc(N4CCN(C(=O)CCOCCOCCCc5cccc6c5C(=O)N(C5CCC(=O)NC5=O)C6=O)CC4)cn3)nc2n(C2CCCC2)c1=O. The first-order valence-corrected chi connectivity index (χ1v) is 21.9. The summed E-state index contributed by atoms with van der Waals surface area (Å²) in [6.45, 7) is 7.09. The summed E-state index contributed by atoms with van der Waals surface area (Å²) in [7, 11) is 0. The topological polar surface area (TPSA) is 203 Å². The summed E-state index contributed by atoms with van der Waals surface area (Å²) < 4.78 is 13.1. The van der Waals surface area contributed by atoms with Crippen LogP contribution in [0, 0.1) is 6.92 Å². The molecule has 0 bridgehead atoms. The molecule has 3 aromatic heterocycles. The van der Waals surface area contributed by atoms with E-state index in [9.17, 15) is 33.6 Å². The van der Waals surface area contributed by atoms with Gasteiger partial charge in [0.25, 0.3) is 17.4 Å². The number of ether oxygens (including phenoxy) is 2. The summed E-state index contributed by atoms with van der Waals surface area (Å²) in [6, 6.07) is 8.08. The molecule has 3 aliphatic heterocycles. The van der Waals surface area contributed by atoms with Gasteiger partial charge in [-0.1, -0.05) is 25.0 Å². The Morgan fingerprint density at radius 3 is 2.33 bits per heavy atom. The zero-order chi connectivity index (χ0) is 44.2. The van der Waals surface area contributed by atoms with Gasteiger partial charge < -0.3 is 19.3 Å². The zero-order valence-corrected chi connectivity index (χ0v) is 35.7. The van der Waals surface area contributed by atoms with Crippen LogP contribution in [-0.2, 0) is 36.7 Å². The highest BCUT2D eigenvalue weighted by atomic mass is 16.5. The Balaban J connectivity index is 0.737. The van der Waals surface area contributed by atoms with Gasteiger partial charge in [0.1, 0.15) is 17.5 Å². The summed E-state index contributed by atoms with van der Waals surface area (Å²) in [5.74, 6) is -1.76. The minimum absolute atomic E-state index is 0.0124.